The summed E-state index contributed by atoms with van der Waals surface area (Å²) in [6.07, 6.45) is 69.8. The second kappa shape index (κ2) is 48.4. The van der Waals surface area contributed by atoms with Crippen molar-refractivity contribution in [2.75, 3.05) is 19.8 Å². The van der Waals surface area contributed by atoms with Crippen LogP contribution in [0.3, 0.4) is 0 Å². The molecule has 3 unspecified atom stereocenters. The fourth-order valence-electron chi connectivity index (χ4n) is 6.33. The molecule has 0 saturated carbocycles. The van der Waals surface area contributed by atoms with Gasteiger partial charge in [0.05, 0.1) is 25.4 Å². The molecule has 0 spiro atoms. The van der Waals surface area contributed by atoms with E-state index < -0.39 is 26.6 Å². The summed E-state index contributed by atoms with van der Waals surface area (Å²) >= 11 is 0. The predicted molar refractivity (Wildman–Crippen MR) is 272 cm³/mol. The van der Waals surface area contributed by atoms with Crippen molar-refractivity contribution in [3.8, 4) is 0 Å². The minimum absolute atomic E-state index is 0.0555. The molecule has 0 radical (unpaired) electrons. The second-order valence-electron chi connectivity index (χ2n) is 15.9. The van der Waals surface area contributed by atoms with Gasteiger partial charge in [-0.15, -0.1) is 0 Å². The summed E-state index contributed by atoms with van der Waals surface area (Å²) in [6, 6.07) is -0.924. The Morgan fingerprint density at radius 3 is 1.41 bits per heavy atom. The average molecular weight is 895 g/mol. The normalized spacial score (nSPS) is 14.9. The molecule has 5 N–H and O–H groups in total. The molecule has 0 aromatic carbocycles. The van der Waals surface area contributed by atoms with Gasteiger partial charge in [-0.25, -0.2) is 4.57 Å². The van der Waals surface area contributed by atoms with Crippen LogP contribution in [0.4, 0.5) is 0 Å². The van der Waals surface area contributed by atoms with Crippen molar-refractivity contribution in [2.24, 2.45) is 5.73 Å². The van der Waals surface area contributed by atoms with Gasteiger partial charge in [-0.3, -0.25) is 13.8 Å². The molecule has 8 nitrogen and oxygen atoms in total. The van der Waals surface area contributed by atoms with Crippen LogP contribution in [0.25, 0.3) is 0 Å². The molecule has 358 valence electrons. The van der Waals surface area contributed by atoms with Gasteiger partial charge in [-0.2, -0.15) is 0 Å². The Morgan fingerprint density at radius 1 is 0.540 bits per heavy atom. The first-order valence-corrected chi connectivity index (χ1v) is 26.2. The van der Waals surface area contributed by atoms with E-state index in [0.29, 0.717) is 12.8 Å². The number of nitrogens with one attached hydrogen (secondary N) is 1. The number of carbonyl (C=O) groups is 1. The number of unbranched alkanes of at least 4 members (excludes halogenated alkanes) is 14. The van der Waals surface area contributed by atoms with Crippen LogP contribution in [-0.4, -0.2) is 47.8 Å². The Bertz CT molecular complexity index is 1390. The maximum atomic E-state index is 12.8. The zero-order chi connectivity index (χ0) is 46.0. The molecule has 0 bridgehead atoms. The van der Waals surface area contributed by atoms with E-state index in [1.165, 1.54) is 77.0 Å². The number of allylic oxidation sites excluding steroid dienone is 19. The highest BCUT2D eigenvalue weighted by Crippen LogP contribution is 2.43. The summed E-state index contributed by atoms with van der Waals surface area (Å²) in [4.78, 5) is 22.8. The molecule has 0 heterocycles. The molecule has 3 atom stereocenters. The van der Waals surface area contributed by atoms with Crippen LogP contribution in [0.5, 0.6) is 0 Å². The molecule has 0 aliphatic rings. The van der Waals surface area contributed by atoms with E-state index in [0.717, 1.165) is 70.6 Å². The van der Waals surface area contributed by atoms with Crippen LogP contribution >= 0.6 is 7.82 Å². The minimum atomic E-state index is -4.38. The smallest absolute Gasteiger partial charge is 0.387 e. The van der Waals surface area contributed by atoms with Gasteiger partial charge in [0, 0.05) is 13.0 Å². The zero-order valence-corrected chi connectivity index (χ0v) is 40.7. The van der Waals surface area contributed by atoms with E-state index >= 15 is 0 Å². The summed E-state index contributed by atoms with van der Waals surface area (Å²) < 4.78 is 22.2. The number of aliphatic hydroxyl groups is 1. The Kier molecular flexibility index (Phi) is 46.0. The zero-order valence-electron chi connectivity index (χ0n) is 39.8. The number of hydrogen-bond donors (Lipinski definition) is 4. The number of nitrogens with two attached hydrogens (primary N) is 1. The van der Waals surface area contributed by atoms with Gasteiger partial charge in [-0.1, -0.05) is 200 Å². The van der Waals surface area contributed by atoms with Gasteiger partial charge in [0.1, 0.15) is 0 Å². The van der Waals surface area contributed by atoms with E-state index in [4.69, 9.17) is 14.8 Å². The average Bonchev–Trinajstić information content (AvgIpc) is 3.27. The number of amides is 1. The van der Waals surface area contributed by atoms with Gasteiger partial charge in [0.2, 0.25) is 5.91 Å². The number of carbonyl (C=O) groups excluding carboxylic acids is 1. The van der Waals surface area contributed by atoms with Crippen LogP contribution in [0.15, 0.2) is 122 Å². The van der Waals surface area contributed by atoms with Gasteiger partial charge < -0.3 is 21.1 Å². The summed E-state index contributed by atoms with van der Waals surface area (Å²) in [7, 11) is -4.38. The highest BCUT2D eigenvalue weighted by Gasteiger charge is 2.26. The first kappa shape index (κ1) is 59.9. The SMILES string of the molecule is CC/C=C\C/C=C\C/C=C\C/C=C\C/C=C\C/C=C\C/C=C\CCCC(=O)NC(COP(=O)(O)OCCN)C(O)/C=C/CC/C=C/CC/C=C/CCCCCCCCCCCCC. The van der Waals surface area contributed by atoms with E-state index in [9.17, 15) is 19.4 Å². The summed E-state index contributed by atoms with van der Waals surface area (Å²) in [5.41, 5.74) is 5.38. The predicted octanol–water partition coefficient (Wildman–Crippen LogP) is 14.7. The van der Waals surface area contributed by atoms with Gasteiger partial charge >= 0.3 is 7.82 Å². The van der Waals surface area contributed by atoms with Gasteiger partial charge in [0.25, 0.3) is 0 Å². The standard InChI is InChI=1S/C54H91N2O6P/c1-3-5-7-9-11-13-15-17-19-21-23-25-26-28-30-32-34-36-38-40-42-44-46-48-54(58)56-52(51-62-63(59,60)61-50-49-55)53(57)47-45-43-41-39-37-35-33-31-29-27-24-22-20-18-16-14-12-10-8-6-4-2/h5,7,11,13,17,19,23,25,28-31,34,36-37,39-40,42,45,47,52-53,57H,3-4,6,8-10,12,14-16,18,20-22,24,26-27,32-33,35,38,41,43-44,46,48-51,55H2,1-2H3,(H,56,58)(H,59,60)/b7-5-,13-11-,19-17-,25-23-,30-28-,31-29+,36-34-,39-37+,42-40-,47-45+. The number of phosphoric acid groups is 1. The van der Waals surface area contributed by atoms with E-state index in [-0.39, 0.29) is 25.5 Å². The Labute approximate surface area is 386 Å². The minimum Gasteiger partial charge on any atom is -0.387 e. The molecule has 1 amide bonds. The quantitative estimate of drug-likeness (QED) is 0.0272. The third kappa shape index (κ3) is 46.7. The molecule has 9 heteroatoms. The fraction of sp³-hybridized carbons (Fsp3) is 0.611. The van der Waals surface area contributed by atoms with Crippen molar-refractivity contribution in [1.29, 1.82) is 0 Å². The molecular weight excluding hydrogens is 804 g/mol. The van der Waals surface area contributed by atoms with E-state index in [1.54, 1.807) is 6.08 Å². The number of rotatable bonds is 44. The lowest BCUT2D eigenvalue weighted by molar-refractivity contribution is -0.122. The lowest BCUT2D eigenvalue weighted by atomic mass is 10.1. The molecule has 0 aliphatic heterocycles. The summed E-state index contributed by atoms with van der Waals surface area (Å²) in [5.74, 6) is -0.271. The molecule has 63 heavy (non-hydrogen) atoms. The molecule has 0 aliphatic carbocycles. The van der Waals surface area contributed by atoms with Crippen LogP contribution in [0.2, 0.25) is 0 Å². The van der Waals surface area contributed by atoms with Gasteiger partial charge in [0.15, 0.2) is 0 Å². The van der Waals surface area contributed by atoms with Crippen molar-refractivity contribution in [3.05, 3.63) is 122 Å². The maximum Gasteiger partial charge on any atom is 0.472 e. The largest absolute Gasteiger partial charge is 0.472 e. The Morgan fingerprint density at radius 2 is 0.937 bits per heavy atom. The van der Waals surface area contributed by atoms with Crippen LogP contribution in [0, 0.1) is 0 Å². The van der Waals surface area contributed by atoms with Crippen molar-refractivity contribution in [2.45, 2.75) is 193 Å². The molecular formula is C54H91N2O6P. The third-order valence-corrected chi connectivity index (χ3v) is 11.0. The van der Waals surface area contributed by atoms with Crippen molar-refractivity contribution >= 4 is 13.7 Å². The summed E-state index contributed by atoms with van der Waals surface area (Å²) in [5, 5.41) is 13.7. The lowest BCUT2D eigenvalue weighted by Gasteiger charge is -2.23. The maximum absolute atomic E-state index is 12.8. The number of hydrogen-bond acceptors (Lipinski definition) is 6. The molecule has 0 aromatic heterocycles. The lowest BCUT2D eigenvalue weighted by Crippen LogP contribution is -2.45. The van der Waals surface area contributed by atoms with Crippen molar-refractivity contribution in [1.82, 2.24) is 5.32 Å². The number of phosphoric ester groups is 1. The number of aliphatic hydroxyl groups excluding tert-OH is 1. The molecule has 0 aromatic rings. The first-order valence-electron chi connectivity index (χ1n) is 24.7. The second-order valence-corrected chi connectivity index (χ2v) is 17.4. The highest BCUT2D eigenvalue weighted by molar-refractivity contribution is 7.47. The Balaban J connectivity index is 4.36. The van der Waals surface area contributed by atoms with E-state index in [1.807, 2.05) is 6.08 Å². The summed E-state index contributed by atoms with van der Waals surface area (Å²) in [6.45, 7) is 3.93. The van der Waals surface area contributed by atoms with Crippen LogP contribution in [0.1, 0.15) is 181 Å². The van der Waals surface area contributed by atoms with E-state index in [2.05, 4.69) is 129 Å². The Hall–Kier alpha value is -3.10. The van der Waals surface area contributed by atoms with Gasteiger partial charge in [-0.05, 0) is 96.3 Å². The highest BCUT2D eigenvalue weighted by atomic mass is 31.2. The topological polar surface area (TPSA) is 131 Å². The third-order valence-electron chi connectivity index (χ3n) is 10.00. The monoisotopic (exact) mass is 895 g/mol. The fourth-order valence-corrected chi connectivity index (χ4v) is 7.09. The molecule has 0 saturated heterocycles. The van der Waals surface area contributed by atoms with Crippen molar-refractivity contribution < 1.29 is 28.4 Å². The van der Waals surface area contributed by atoms with Crippen LogP contribution < -0.4 is 11.1 Å². The first-order chi connectivity index (χ1) is 30.9. The van der Waals surface area contributed by atoms with Crippen molar-refractivity contribution in [3.63, 3.8) is 0 Å². The van der Waals surface area contributed by atoms with Crippen LogP contribution in [-0.2, 0) is 18.4 Å². The molecule has 0 fully saturated rings. The molecule has 0 rings (SSSR count).